The number of hydrogen-bond donors (Lipinski definition) is 0. The first kappa shape index (κ1) is 6.28. The molecule has 0 spiro atoms. The summed E-state index contributed by atoms with van der Waals surface area (Å²) in [4.78, 5) is 8.12. The van der Waals surface area contributed by atoms with Crippen LogP contribution in [0.3, 0.4) is 0 Å². The maximum absolute atomic E-state index is 4.17. The van der Waals surface area contributed by atoms with Gasteiger partial charge in [-0.15, -0.1) is 0 Å². The van der Waals surface area contributed by atoms with E-state index in [-0.39, 0.29) is 0 Å². The molecule has 2 nitrogen and oxygen atoms in total. The van der Waals surface area contributed by atoms with Crippen LogP contribution in [0, 0.1) is 0 Å². The highest BCUT2D eigenvalue weighted by Crippen LogP contribution is 2.10. The summed E-state index contributed by atoms with van der Waals surface area (Å²) < 4.78 is 0. The molecule has 0 aliphatic heterocycles. The van der Waals surface area contributed by atoms with Crippen LogP contribution in [-0.2, 0) is 6.42 Å². The van der Waals surface area contributed by atoms with Crippen LogP contribution in [0.15, 0.2) is 30.8 Å². The molecular weight excluding hydrogens is 136 g/mol. The van der Waals surface area contributed by atoms with Crippen molar-refractivity contribution in [3.8, 4) is 0 Å². The molecule has 0 fully saturated rings. The lowest BCUT2D eigenvalue weighted by Crippen LogP contribution is -1.91. The molecule has 54 valence electrons. The van der Waals surface area contributed by atoms with Crippen LogP contribution >= 0.6 is 0 Å². The van der Waals surface area contributed by atoms with E-state index in [0.29, 0.717) is 0 Å². The second-order valence-electron chi connectivity index (χ2n) is 2.42. The summed E-state index contributed by atoms with van der Waals surface area (Å²) in [7, 11) is 0. The zero-order chi connectivity index (χ0) is 7.52. The predicted octanol–water partition coefficient (Wildman–Crippen LogP) is 1.60. The van der Waals surface area contributed by atoms with Gasteiger partial charge in [0.2, 0.25) is 0 Å². The van der Waals surface area contributed by atoms with Crippen molar-refractivity contribution in [1.29, 1.82) is 0 Å². The zero-order valence-corrected chi connectivity index (χ0v) is 6.07. The second kappa shape index (κ2) is 2.66. The van der Waals surface area contributed by atoms with Crippen LogP contribution < -0.4 is 0 Å². The third kappa shape index (κ3) is 1.19. The Morgan fingerprint density at radius 3 is 3.27 bits per heavy atom. The van der Waals surface area contributed by atoms with Gasteiger partial charge in [-0.25, -0.2) is 9.97 Å². The Labute approximate surface area is 65.3 Å². The van der Waals surface area contributed by atoms with Crippen molar-refractivity contribution in [1.82, 2.24) is 9.97 Å². The van der Waals surface area contributed by atoms with Crippen molar-refractivity contribution in [2.24, 2.45) is 0 Å². The zero-order valence-electron chi connectivity index (χ0n) is 6.07. The quantitative estimate of drug-likeness (QED) is 0.552. The number of aromatic nitrogens is 2. The summed E-state index contributed by atoms with van der Waals surface area (Å²) in [6.45, 7) is 0. The highest BCUT2D eigenvalue weighted by atomic mass is 14.8. The Morgan fingerprint density at radius 2 is 2.27 bits per heavy atom. The van der Waals surface area contributed by atoms with Gasteiger partial charge < -0.3 is 0 Å². The fourth-order valence-corrected chi connectivity index (χ4v) is 1.09. The van der Waals surface area contributed by atoms with Gasteiger partial charge in [-0.2, -0.15) is 0 Å². The Morgan fingerprint density at radius 1 is 1.27 bits per heavy atom. The first-order chi connectivity index (χ1) is 5.47. The predicted molar refractivity (Wildman–Crippen MR) is 43.9 cm³/mol. The summed E-state index contributed by atoms with van der Waals surface area (Å²) in [6, 6.07) is 0. The number of allylic oxidation sites excluding steroid dienone is 3. The van der Waals surface area contributed by atoms with Crippen LogP contribution in [0.5, 0.6) is 0 Å². The average Bonchev–Trinajstić information content (AvgIpc) is 2.28. The van der Waals surface area contributed by atoms with Crippen LogP contribution in [0.4, 0.5) is 0 Å². The SMILES string of the molecule is C1=CCc2ncncc2C=C1. The average molecular weight is 144 g/mol. The molecular formula is C9H8N2. The summed E-state index contributed by atoms with van der Waals surface area (Å²) >= 11 is 0. The lowest BCUT2D eigenvalue weighted by molar-refractivity contribution is 1.04. The fourth-order valence-electron chi connectivity index (χ4n) is 1.09. The standard InChI is InChI=1S/C9H8N2/c1-2-4-8-6-10-7-11-9(8)5-3-1/h1-4,6-7H,5H2. The number of fused-ring (bicyclic) bond motifs is 1. The normalized spacial score (nSPS) is 14.2. The molecule has 0 unspecified atom stereocenters. The third-order valence-electron chi connectivity index (χ3n) is 1.66. The van der Waals surface area contributed by atoms with E-state index in [9.17, 15) is 0 Å². The van der Waals surface area contributed by atoms with E-state index >= 15 is 0 Å². The van der Waals surface area contributed by atoms with E-state index < -0.39 is 0 Å². The minimum absolute atomic E-state index is 0.908. The molecule has 0 atom stereocenters. The lowest BCUT2D eigenvalue weighted by Gasteiger charge is -1.97. The highest BCUT2D eigenvalue weighted by molar-refractivity contribution is 5.54. The van der Waals surface area contributed by atoms with Gasteiger partial charge in [-0.1, -0.05) is 24.3 Å². The molecule has 1 aliphatic carbocycles. The molecule has 1 aromatic rings. The van der Waals surface area contributed by atoms with Crippen molar-refractivity contribution in [2.75, 3.05) is 0 Å². The Hall–Kier alpha value is -1.44. The van der Waals surface area contributed by atoms with Crippen molar-refractivity contribution >= 4 is 6.08 Å². The molecule has 2 heteroatoms. The second-order valence-corrected chi connectivity index (χ2v) is 2.42. The van der Waals surface area contributed by atoms with Crippen LogP contribution in [0.25, 0.3) is 6.08 Å². The van der Waals surface area contributed by atoms with Gasteiger partial charge in [0.15, 0.2) is 0 Å². The first-order valence-corrected chi connectivity index (χ1v) is 3.59. The summed E-state index contributed by atoms with van der Waals surface area (Å²) in [5.41, 5.74) is 2.22. The van der Waals surface area contributed by atoms with Gasteiger partial charge in [0.1, 0.15) is 6.33 Å². The highest BCUT2D eigenvalue weighted by Gasteiger charge is 1.99. The van der Waals surface area contributed by atoms with Crippen molar-refractivity contribution in [2.45, 2.75) is 6.42 Å². The summed E-state index contributed by atoms with van der Waals surface area (Å²) in [5.74, 6) is 0. The fraction of sp³-hybridized carbons (Fsp3) is 0.111. The molecule has 1 heterocycles. The minimum Gasteiger partial charge on any atom is -0.244 e. The van der Waals surface area contributed by atoms with Crippen LogP contribution in [0.2, 0.25) is 0 Å². The smallest absolute Gasteiger partial charge is 0.115 e. The van der Waals surface area contributed by atoms with Crippen molar-refractivity contribution in [3.63, 3.8) is 0 Å². The van der Waals surface area contributed by atoms with Crippen molar-refractivity contribution in [3.05, 3.63) is 42.0 Å². The molecule has 0 saturated heterocycles. The number of rotatable bonds is 0. The minimum atomic E-state index is 0.908. The molecule has 0 bridgehead atoms. The third-order valence-corrected chi connectivity index (χ3v) is 1.66. The molecule has 1 aromatic heterocycles. The van der Waals surface area contributed by atoms with E-state index in [1.807, 2.05) is 24.4 Å². The largest absolute Gasteiger partial charge is 0.244 e. The van der Waals surface area contributed by atoms with E-state index in [1.165, 1.54) is 0 Å². The van der Waals surface area contributed by atoms with Gasteiger partial charge in [0, 0.05) is 18.2 Å². The molecule has 2 rings (SSSR count). The molecule has 0 amide bonds. The maximum atomic E-state index is 4.17. The van der Waals surface area contributed by atoms with Crippen LogP contribution in [0.1, 0.15) is 11.3 Å². The van der Waals surface area contributed by atoms with E-state index in [4.69, 9.17) is 0 Å². The Kier molecular flexibility index (Phi) is 1.52. The van der Waals surface area contributed by atoms with Gasteiger partial charge in [-0.3, -0.25) is 0 Å². The van der Waals surface area contributed by atoms with Gasteiger partial charge in [0.05, 0.1) is 5.69 Å². The van der Waals surface area contributed by atoms with E-state index in [0.717, 1.165) is 17.7 Å². The molecule has 0 N–H and O–H groups in total. The van der Waals surface area contributed by atoms with Crippen molar-refractivity contribution < 1.29 is 0 Å². The number of nitrogens with zero attached hydrogens (tertiary/aromatic N) is 2. The molecule has 0 aromatic carbocycles. The van der Waals surface area contributed by atoms with Gasteiger partial charge in [-0.05, 0) is 0 Å². The summed E-state index contributed by atoms with van der Waals surface area (Å²) in [5, 5.41) is 0. The summed E-state index contributed by atoms with van der Waals surface area (Å²) in [6.07, 6.45) is 12.5. The monoisotopic (exact) mass is 144 g/mol. The molecule has 0 radical (unpaired) electrons. The molecule has 11 heavy (non-hydrogen) atoms. The Balaban J connectivity index is 2.52. The maximum Gasteiger partial charge on any atom is 0.115 e. The topological polar surface area (TPSA) is 25.8 Å². The Bertz CT molecular complexity index is 313. The van der Waals surface area contributed by atoms with Crippen LogP contribution in [-0.4, -0.2) is 9.97 Å². The van der Waals surface area contributed by atoms with E-state index in [1.54, 1.807) is 6.33 Å². The molecule has 0 saturated carbocycles. The van der Waals surface area contributed by atoms with E-state index in [2.05, 4.69) is 16.0 Å². The van der Waals surface area contributed by atoms with Gasteiger partial charge >= 0.3 is 0 Å². The number of hydrogen-bond acceptors (Lipinski definition) is 2. The first-order valence-electron chi connectivity index (χ1n) is 3.59. The van der Waals surface area contributed by atoms with Gasteiger partial charge in [0.25, 0.3) is 0 Å². The molecule has 1 aliphatic rings. The lowest BCUT2D eigenvalue weighted by atomic mass is 10.2.